The lowest BCUT2D eigenvalue weighted by atomic mass is 10.1. The number of rotatable bonds is 6. The first-order valence-corrected chi connectivity index (χ1v) is 9.05. The van der Waals surface area contributed by atoms with Crippen molar-refractivity contribution in [3.8, 4) is 11.4 Å². The minimum Gasteiger partial charge on any atom is -0.367 e. The van der Waals surface area contributed by atoms with E-state index >= 15 is 0 Å². The molecule has 4 aromatic rings. The Balaban J connectivity index is 1.70. The molecule has 1 N–H and O–H groups in total. The average Bonchev–Trinajstić information content (AvgIpc) is 3.10. The monoisotopic (exact) mass is 374 g/mol. The summed E-state index contributed by atoms with van der Waals surface area (Å²) in [6.45, 7) is 0.654. The molecule has 0 saturated heterocycles. The van der Waals surface area contributed by atoms with Gasteiger partial charge in [-0.3, -0.25) is 19.5 Å². The predicted octanol–water partition coefficient (Wildman–Crippen LogP) is 2.54. The number of nitrogens with one attached hydrogen (secondary N) is 1. The Labute approximate surface area is 163 Å². The molecule has 0 aliphatic carbocycles. The molecule has 0 saturated carbocycles. The Morgan fingerprint density at radius 2 is 1.89 bits per heavy atom. The molecule has 0 radical (unpaired) electrons. The van der Waals surface area contributed by atoms with Crippen molar-refractivity contribution in [2.75, 3.05) is 26.0 Å². The molecule has 1 atom stereocenters. The van der Waals surface area contributed by atoms with E-state index in [1.165, 1.54) is 0 Å². The van der Waals surface area contributed by atoms with E-state index in [1.54, 1.807) is 23.3 Å². The first-order chi connectivity index (χ1) is 13.6. The molecular weight excluding hydrogens is 352 g/mol. The maximum atomic E-state index is 4.77. The van der Waals surface area contributed by atoms with Gasteiger partial charge in [-0.05, 0) is 38.4 Å². The standard InChI is InChI=1S/C20H22N8/c1-27(2)17(16-6-4-5-9-22-16)13-23-19-15-12-24-28(3)20(15)26-18(25-19)14-7-10-21-11-8-14/h4-12,17H,13H2,1-3H3,(H,23,25,26)/t17-/m0/s1. The van der Waals surface area contributed by atoms with Crippen molar-refractivity contribution >= 4 is 16.9 Å². The van der Waals surface area contributed by atoms with Crippen LogP contribution in [0.5, 0.6) is 0 Å². The molecule has 0 aromatic carbocycles. The Kier molecular flexibility index (Phi) is 4.94. The third kappa shape index (κ3) is 3.54. The Morgan fingerprint density at radius 3 is 2.61 bits per heavy atom. The van der Waals surface area contributed by atoms with E-state index in [1.807, 2.05) is 57.7 Å². The van der Waals surface area contributed by atoms with Gasteiger partial charge in [-0.25, -0.2) is 9.97 Å². The van der Waals surface area contributed by atoms with Gasteiger partial charge in [-0.2, -0.15) is 5.10 Å². The fourth-order valence-electron chi connectivity index (χ4n) is 3.11. The number of likely N-dealkylation sites (N-methyl/N-ethyl adjacent to an activating group) is 1. The molecule has 4 rings (SSSR count). The Hall–Kier alpha value is -3.39. The molecule has 0 fully saturated rings. The summed E-state index contributed by atoms with van der Waals surface area (Å²) in [5, 5.41) is 8.73. The van der Waals surface area contributed by atoms with E-state index in [4.69, 9.17) is 4.98 Å². The van der Waals surface area contributed by atoms with Crippen LogP contribution in [0.2, 0.25) is 0 Å². The maximum absolute atomic E-state index is 4.77. The normalized spacial score (nSPS) is 12.4. The van der Waals surface area contributed by atoms with E-state index in [-0.39, 0.29) is 6.04 Å². The van der Waals surface area contributed by atoms with Crippen LogP contribution in [0.25, 0.3) is 22.4 Å². The second-order valence-corrected chi connectivity index (χ2v) is 6.75. The first-order valence-electron chi connectivity index (χ1n) is 9.05. The summed E-state index contributed by atoms with van der Waals surface area (Å²) in [4.78, 5) is 20.2. The van der Waals surface area contributed by atoms with Crippen molar-refractivity contribution in [1.82, 2.24) is 34.6 Å². The van der Waals surface area contributed by atoms with E-state index in [2.05, 4.69) is 30.3 Å². The number of aryl methyl sites for hydroxylation is 1. The summed E-state index contributed by atoms with van der Waals surface area (Å²) in [6, 6.07) is 9.87. The van der Waals surface area contributed by atoms with Gasteiger partial charge in [0.05, 0.1) is 23.3 Å². The molecule has 8 nitrogen and oxygen atoms in total. The van der Waals surface area contributed by atoms with Crippen LogP contribution in [0, 0.1) is 0 Å². The van der Waals surface area contributed by atoms with Crippen molar-refractivity contribution in [2.45, 2.75) is 6.04 Å². The summed E-state index contributed by atoms with van der Waals surface area (Å²) in [5.74, 6) is 1.40. The van der Waals surface area contributed by atoms with Crippen molar-refractivity contribution in [2.24, 2.45) is 7.05 Å². The number of anilines is 1. The van der Waals surface area contributed by atoms with E-state index in [0.717, 1.165) is 28.1 Å². The number of fused-ring (bicyclic) bond motifs is 1. The van der Waals surface area contributed by atoms with Crippen LogP contribution >= 0.6 is 0 Å². The molecule has 8 heteroatoms. The third-order valence-corrected chi connectivity index (χ3v) is 4.65. The zero-order valence-corrected chi connectivity index (χ0v) is 16.1. The van der Waals surface area contributed by atoms with E-state index in [9.17, 15) is 0 Å². The van der Waals surface area contributed by atoms with Gasteiger partial charge in [0.25, 0.3) is 0 Å². The van der Waals surface area contributed by atoms with Crippen LogP contribution in [-0.2, 0) is 7.05 Å². The van der Waals surface area contributed by atoms with Crippen LogP contribution < -0.4 is 5.32 Å². The summed E-state index contributed by atoms with van der Waals surface area (Å²) in [7, 11) is 5.97. The van der Waals surface area contributed by atoms with Crippen LogP contribution in [0.3, 0.4) is 0 Å². The fraction of sp³-hybridized carbons (Fsp3) is 0.250. The second kappa shape index (κ2) is 7.69. The molecular formula is C20H22N8. The zero-order chi connectivity index (χ0) is 19.5. The van der Waals surface area contributed by atoms with Gasteiger partial charge in [-0.1, -0.05) is 6.07 Å². The largest absolute Gasteiger partial charge is 0.367 e. The highest BCUT2D eigenvalue weighted by Crippen LogP contribution is 2.25. The predicted molar refractivity (Wildman–Crippen MR) is 109 cm³/mol. The molecule has 142 valence electrons. The SMILES string of the molecule is CN(C)[C@@H](CNc1nc(-c2ccncc2)nc2c1cnn2C)c1ccccn1. The summed E-state index contributed by atoms with van der Waals surface area (Å²) in [6.07, 6.45) is 7.08. The summed E-state index contributed by atoms with van der Waals surface area (Å²) >= 11 is 0. The van der Waals surface area contributed by atoms with Crippen LogP contribution in [0.1, 0.15) is 11.7 Å². The van der Waals surface area contributed by atoms with Crippen molar-refractivity contribution in [3.05, 3.63) is 60.8 Å². The van der Waals surface area contributed by atoms with Crippen molar-refractivity contribution in [3.63, 3.8) is 0 Å². The third-order valence-electron chi connectivity index (χ3n) is 4.65. The lowest BCUT2D eigenvalue weighted by Gasteiger charge is -2.24. The minimum absolute atomic E-state index is 0.104. The van der Waals surface area contributed by atoms with Crippen LogP contribution in [-0.4, -0.2) is 55.3 Å². The fourth-order valence-corrected chi connectivity index (χ4v) is 3.11. The van der Waals surface area contributed by atoms with Crippen molar-refractivity contribution in [1.29, 1.82) is 0 Å². The molecule has 0 bridgehead atoms. The first kappa shape index (κ1) is 18.0. The van der Waals surface area contributed by atoms with Crippen LogP contribution in [0.15, 0.2) is 55.1 Å². The average molecular weight is 374 g/mol. The molecule has 0 unspecified atom stereocenters. The van der Waals surface area contributed by atoms with Gasteiger partial charge in [-0.15, -0.1) is 0 Å². The molecule has 4 aromatic heterocycles. The molecule has 0 amide bonds. The van der Waals surface area contributed by atoms with Gasteiger partial charge in [0, 0.05) is 37.7 Å². The summed E-state index contributed by atoms with van der Waals surface area (Å²) < 4.78 is 1.76. The smallest absolute Gasteiger partial charge is 0.164 e. The molecule has 28 heavy (non-hydrogen) atoms. The number of nitrogens with zero attached hydrogens (tertiary/aromatic N) is 7. The minimum atomic E-state index is 0.104. The lowest BCUT2D eigenvalue weighted by Crippen LogP contribution is -2.27. The van der Waals surface area contributed by atoms with Gasteiger partial charge < -0.3 is 5.32 Å². The number of hydrogen-bond donors (Lipinski definition) is 1. The van der Waals surface area contributed by atoms with Crippen LogP contribution in [0.4, 0.5) is 5.82 Å². The van der Waals surface area contributed by atoms with E-state index in [0.29, 0.717) is 12.4 Å². The van der Waals surface area contributed by atoms with Crippen molar-refractivity contribution < 1.29 is 0 Å². The molecule has 0 aliphatic rings. The van der Waals surface area contributed by atoms with Gasteiger partial charge in [0.15, 0.2) is 11.5 Å². The highest BCUT2D eigenvalue weighted by Gasteiger charge is 2.18. The second-order valence-electron chi connectivity index (χ2n) is 6.75. The van der Waals surface area contributed by atoms with E-state index < -0.39 is 0 Å². The highest BCUT2D eigenvalue weighted by atomic mass is 15.3. The van der Waals surface area contributed by atoms with Gasteiger partial charge in [0.2, 0.25) is 0 Å². The topological polar surface area (TPSA) is 84.6 Å². The number of aromatic nitrogens is 6. The quantitative estimate of drug-likeness (QED) is 0.555. The Morgan fingerprint density at radius 1 is 1.07 bits per heavy atom. The molecule has 0 aliphatic heterocycles. The molecule has 4 heterocycles. The van der Waals surface area contributed by atoms with Gasteiger partial charge in [0.1, 0.15) is 5.82 Å². The highest BCUT2D eigenvalue weighted by molar-refractivity contribution is 5.88. The number of pyridine rings is 2. The summed E-state index contributed by atoms with van der Waals surface area (Å²) in [5.41, 5.74) is 2.70. The number of hydrogen-bond acceptors (Lipinski definition) is 7. The maximum Gasteiger partial charge on any atom is 0.164 e. The van der Waals surface area contributed by atoms with Gasteiger partial charge >= 0.3 is 0 Å². The Bertz CT molecular complexity index is 1060. The zero-order valence-electron chi connectivity index (χ0n) is 16.1. The lowest BCUT2D eigenvalue weighted by molar-refractivity contribution is 0.306. The molecule has 0 spiro atoms.